The summed E-state index contributed by atoms with van der Waals surface area (Å²) in [4.78, 5) is 12.1. The van der Waals surface area contributed by atoms with Gasteiger partial charge in [-0.3, -0.25) is 4.79 Å². The van der Waals surface area contributed by atoms with Gasteiger partial charge in [-0.05, 0) is 25.7 Å². The van der Waals surface area contributed by atoms with E-state index in [4.69, 9.17) is 10.9 Å². The van der Waals surface area contributed by atoms with Gasteiger partial charge in [-0.2, -0.15) is 13.2 Å². The van der Waals surface area contributed by atoms with Gasteiger partial charge in [0, 0.05) is 5.92 Å². The van der Waals surface area contributed by atoms with Gasteiger partial charge in [-0.15, -0.1) is 0 Å². The molecule has 0 aromatic heterocycles. The maximum absolute atomic E-state index is 12.7. The molecule has 0 spiro atoms. The summed E-state index contributed by atoms with van der Waals surface area (Å²) in [7, 11) is 0. The summed E-state index contributed by atoms with van der Waals surface area (Å²) in [5, 5.41) is 14.1. The van der Waals surface area contributed by atoms with E-state index in [-0.39, 0.29) is 18.7 Å². The smallest absolute Gasteiger partial charge is 0.391 e. The molecule has 3 unspecified atom stereocenters. The lowest BCUT2D eigenvalue weighted by Gasteiger charge is -2.30. The molecule has 1 fully saturated rings. The number of amidine groups is 1. The average molecular weight is 309 g/mol. The Labute approximate surface area is 121 Å². The molecule has 0 aromatic carbocycles. The van der Waals surface area contributed by atoms with Crippen molar-refractivity contribution >= 4 is 11.7 Å². The fourth-order valence-corrected chi connectivity index (χ4v) is 2.67. The molecule has 0 saturated heterocycles. The highest BCUT2D eigenvalue weighted by Crippen LogP contribution is 2.39. The van der Waals surface area contributed by atoms with Crippen LogP contribution >= 0.6 is 0 Å². The highest BCUT2D eigenvalue weighted by Gasteiger charge is 2.43. The summed E-state index contributed by atoms with van der Waals surface area (Å²) < 4.78 is 38.2. The van der Waals surface area contributed by atoms with E-state index in [2.05, 4.69) is 10.5 Å². The van der Waals surface area contributed by atoms with Crippen molar-refractivity contribution in [1.82, 2.24) is 5.32 Å². The van der Waals surface area contributed by atoms with Crippen LogP contribution in [-0.4, -0.2) is 29.2 Å². The lowest BCUT2D eigenvalue weighted by molar-refractivity contribution is -0.186. The number of carbonyl (C=O) groups is 1. The second-order valence-electron chi connectivity index (χ2n) is 5.48. The molecule has 1 aliphatic carbocycles. The minimum Gasteiger partial charge on any atom is -0.409 e. The van der Waals surface area contributed by atoms with E-state index in [0.717, 1.165) is 0 Å². The van der Waals surface area contributed by atoms with Crippen molar-refractivity contribution in [3.8, 4) is 0 Å². The highest BCUT2D eigenvalue weighted by molar-refractivity contribution is 5.90. The van der Waals surface area contributed by atoms with Gasteiger partial charge in [0.05, 0.1) is 12.0 Å². The molecular weight excluding hydrogens is 287 g/mol. The van der Waals surface area contributed by atoms with Gasteiger partial charge < -0.3 is 16.3 Å². The lowest BCUT2D eigenvalue weighted by Crippen LogP contribution is -2.47. The molecule has 1 amide bonds. The molecule has 3 atom stereocenters. The predicted octanol–water partition coefficient (Wildman–Crippen LogP) is 2.39. The lowest BCUT2D eigenvalue weighted by atomic mass is 9.80. The molecule has 1 saturated carbocycles. The molecule has 1 rings (SSSR count). The van der Waals surface area contributed by atoms with E-state index in [1.165, 1.54) is 0 Å². The molecule has 5 nitrogen and oxygen atoms in total. The Morgan fingerprint density at radius 1 is 1.48 bits per heavy atom. The SMILES string of the molecule is CCCC(NC(=O)C1CCCC(C(F)(F)F)C1)C(N)=NO. The Hall–Kier alpha value is -1.47. The Bertz CT molecular complexity index is 385. The van der Waals surface area contributed by atoms with Crippen LogP contribution in [0, 0.1) is 11.8 Å². The van der Waals surface area contributed by atoms with E-state index in [9.17, 15) is 18.0 Å². The number of nitrogens with two attached hydrogens (primary N) is 1. The first-order chi connectivity index (χ1) is 9.79. The van der Waals surface area contributed by atoms with E-state index in [1.807, 2.05) is 6.92 Å². The van der Waals surface area contributed by atoms with Crippen molar-refractivity contribution in [1.29, 1.82) is 0 Å². The summed E-state index contributed by atoms with van der Waals surface area (Å²) in [6, 6.07) is -0.640. The van der Waals surface area contributed by atoms with Crippen LogP contribution in [0.15, 0.2) is 5.16 Å². The van der Waals surface area contributed by atoms with Crippen molar-refractivity contribution in [2.45, 2.75) is 57.7 Å². The Kier molecular flexibility index (Phi) is 6.29. The molecule has 0 heterocycles. The van der Waals surface area contributed by atoms with Gasteiger partial charge in [0.25, 0.3) is 0 Å². The molecule has 122 valence electrons. The monoisotopic (exact) mass is 309 g/mol. The van der Waals surface area contributed by atoms with Crippen molar-refractivity contribution in [3.63, 3.8) is 0 Å². The number of nitrogens with zero attached hydrogens (tertiary/aromatic N) is 1. The van der Waals surface area contributed by atoms with Crippen LogP contribution in [0.4, 0.5) is 13.2 Å². The zero-order valence-electron chi connectivity index (χ0n) is 12.0. The van der Waals surface area contributed by atoms with Crippen LogP contribution in [0.1, 0.15) is 45.4 Å². The molecule has 0 aromatic rings. The minimum absolute atomic E-state index is 0.0753. The minimum atomic E-state index is -4.26. The van der Waals surface area contributed by atoms with Crippen LogP contribution in [0.3, 0.4) is 0 Å². The van der Waals surface area contributed by atoms with Crippen molar-refractivity contribution in [2.75, 3.05) is 0 Å². The maximum Gasteiger partial charge on any atom is 0.391 e. The number of hydrogen-bond donors (Lipinski definition) is 3. The van der Waals surface area contributed by atoms with Gasteiger partial charge in [0.2, 0.25) is 5.91 Å². The fourth-order valence-electron chi connectivity index (χ4n) is 2.67. The van der Waals surface area contributed by atoms with Gasteiger partial charge in [0.15, 0.2) is 5.84 Å². The van der Waals surface area contributed by atoms with Crippen molar-refractivity contribution < 1.29 is 23.2 Å². The topological polar surface area (TPSA) is 87.7 Å². The zero-order chi connectivity index (χ0) is 16.0. The second-order valence-corrected chi connectivity index (χ2v) is 5.48. The summed E-state index contributed by atoms with van der Waals surface area (Å²) in [5.74, 6) is -2.67. The second kappa shape index (κ2) is 7.51. The average Bonchev–Trinajstić information content (AvgIpc) is 2.45. The van der Waals surface area contributed by atoms with Crippen molar-refractivity contribution in [2.24, 2.45) is 22.7 Å². The fraction of sp³-hybridized carbons (Fsp3) is 0.846. The van der Waals surface area contributed by atoms with Crippen LogP contribution in [0.2, 0.25) is 0 Å². The summed E-state index contributed by atoms with van der Waals surface area (Å²) in [6.07, 6.45) is -2.39. The number of hydrogen-bond acceptors (Lipinski definition) is 3. The standard InChI is InChI=1S/C13H22F3N3O2/c1-2-4-10(11(17)19-21)18-12(20)8-5-3-6-9(7-8)13(14,15)16/h8-10,21H,2-7H2,1H3,(H2,17,19)(H,18,20). The molecule has 1 aliphatic rings. The number of amides is 1. The van der Waals surface area contributed by atoms with E-state index >= 15 is 0 Å². The number of oxime groups is 1. The van der Waals surface area contributed by atoms with Gasteiger partial charge in [-0.1, -0.05) is 24.9 Å². The summed E-state index contributed by atoms with van der Waals surface area (Å²) >= 11 is 0. The third-order valence-electron chi connectivity index (χ3n) is 3.87. The van der Waals surface area contributed by atoms with Crippen LogP contribution in [0.25, 0.3) is 0 Å². The summed E-state index contributed by atoms with van der Waals surface area (Å²) in [5.41, 5.74) is 5.48. The van der Waals surface area contributed by atoms with Gasteiger partial charge in [0.1, 0.15) is 0 Å². The number of alkyl halides is 3. The number of carbonyl (C=O) groups excluding carboxylic acids is 1. The number of rotatable bonds is 5. The maximum atomic E-state index is 12.7. The molecule has 0 radical (unpaired) electrons. The largest absolute Gasteiger partial charge is 0.409 e. The Balaban J connectivity index is 2.65. The Morgan fingerprint density at radius 3 is 2.67 bits per heavy atom. The van der Waals surface area contributed by atoms with Crippen LogP contribution in [0.5, 0.6) is 0 Å². The normalized spacial score (nSPS) is 25.4. The van der Waals surface area contributed by atoms with Crippen LogP contribution < -0.4 is 11.1 Å². The predicted molar refractivity (Wildman–Crippen MR) is 71.8 cm³/mol. The third-order valence-corrected chi connectivity index (χ3v) is 3.87. The van der Waals surface area contributed by atoms with E-state index < -0.39 is 30.0 Å². The van der Waals surface area contributed by atoms with E-state index in [0.29, 0.717) is 25.7 Å². The third kappa shape index (κ3) is 5.09. The Morgan fingerprint density at radius 2 is 2.14 bits per heavy atom. The quantitative estimate of drug-likeness (QED) is 0.315. The van der Waals surface area contributed by atoms with E-state index in [1.54, 1.807) is 0 Å². The van der Waals surface area contributed by atoms with Crippen LogP contribution in [-0.2, 0) is 4.79 Å². The number of halogens is 3. The first-order valence-corrected chi connectivity index (χ1v) is 7.14. The molecule has 21 heavy (non-hydrogen) atoms. The van der Waals surface area contributed by atoms with Gasteiger partial charge in [-0.25, -0.2) is 0 Å². The molecule has 0 bridgehead atoms. The zero-order valence-corrected chi connectivity index (χ0v) is 12.0. The number of nitrogens with one attached hydrogen (secondary N) is 1. The highest BCUT2D eigenvalue weighted by atomic mass is 19.4. The first-order valence-electron chi connectivity index (χ1n) is 7.14. The van der Waals surface area contributed by atoms with Gasteiger partial charge >= 0.3 is 6.18 Å². The molecule has 0 aliphatic heterocycles. The molecular formula is C13H22F3N3O2. The van der Waals surface area contributed by atoms with Crippen molar-refractivity contribution in [3.05, 3.63) is 0 Å². The molecule has 4 N–H and O–H groups in total. The first kappa shape index (κ1) is 17.6. The molecule has 8 heteroatoms. The summed E-state index contributed by atoms with van der Waals surface area (Å²) in [6.45, 7) is 1.87.